The molecule has 2 aromatic carbocycles. The minimum Gasteiger partial charge on any atom is -0.349 e. The van der Waals surface area contributed by atoms with Crippen LogP contribution < -0.4 is 16.0 Å². The molecule has 3 aromatic rings. The molecule has 0 saturated heterocycles. The van der Waals surface area contributed by atoms with E-state index in [4.69, 9.17) is 0 Å². The van der Waals surface area contributed by atoms with E-state index in [2.05, 4.69) is 53.3 Å². The molecule has 0 radical (unpaired) electrons. The lowest BCUT2D eigenvalue weighted by Crippen LogP contribution is -2.87. The van der Waals surface area contributed by atoms with Crippen molar-refractivity contribution in [3.8, 4) is 0 Å². The number of rotatable bonds is 8. The van der Waals surface area contributed by atoms with E-state index in [0.29, 0.717) is 11.3 Å². The van der Waals surface area contributed by atoms with Crippen molar-refractivity contribution in [1.29, 1.82) is 0 Å². The third-order valence-electron chi connectivity index (χ3n) is 5.18. The summed E-state index contributed by atoms with van der Waals surface area (Å²) in [6.45, 7) is 2.33. The van der Waals surface area contributed by atoms with Crippen LogP contribution in [0.5, 0.6) is 0 Å². The zero-order chi connectivity index (χ0) is 20.9. The minimum atomic E-state index is -0.131. The molecule has 5 nitrogen and oxygen atoms in total. The molecule has 1 aliphatic carbocycles. The van der Waals surface area contributed by atoms with Crippen LogP contribution in [0.25, 0.3) is 0 Å². The number of para-hydroxylation sites is 1. The van der Waals surface area contributed by atoms with Crippen molar-refractivity contribution in [1.82, 2.24) is 5.32 Å². The number of aryl methyl sites for hydroxylation is 1. The van der Waals surface area contributed by atoms with E-state index in [1.165, 1.54) is 16.0 Å². The molecular formula is C24H26N3O2S+. The summed E-state index contributed by atoms with van der Waals surface area (Å²) in [5.74, 6) is -0.260. The van der Waals surface area contributed by atoms with Crippen molar-refractivity contribution in [2.45, 2.75) is 31.8 Å². The maximum Gasteiger partial charge on any atom is 0.279 e. The molecule has 4 rings (SSSR count). The van der Waals surface area contributed by atoms with E-state index in [1.807, 2.05) is 23.5 Å². The number of carbonyl (C=O) groups excluding carboxylic acids is 2. The molecule has 0 bridgehead atoms. The fourth-order valence-electron chi connectivity index (χ4n) is 3.37. The Labute approximate surface area is 180 Å². The summed E-state index contributed by atoms with van der Waals surface area (Å²) in [6.07, 6.45) is 2.05. The van der Waals surface area contributed by atoms with Gasteiger partial charge in [-0.05, 0) is 43.3 Å². The lowest BCUT2D eigenvalue weighted by Gasteiger charge is -2.16. The number of nitrogens with one attached hydrogen (secondary N) is 2. The fraction of sp³-hybridized carbons (Fsp3) is 0.250. The lowest BCUT2D eigenvalue weighted by atomic mass is 10.0. The zero-order valence-corrected chi connectivity index (χ0v) is 17.7. The second kappa shape index (κ2) is 9.24. The molecule has 1 saturated carbocycles. The van der Waals surface area contributed by atoms with Crippen LogP contribution in [-0.4, -0.2) is 24.4 Å². The number of amides is 2. The Bertz CT molecular complexity index is 1010. The van der Waals surface area contributed by atoms with Crippen LogP contribution in [-0.2, 0) is 4.79 Å². The standard InChI is InChI=1S/C24H25N3O2S/c1-16-8-10-17(11-9-16)23(21-7-4-14-30-21)25-15-22(28)27-20-6-3-2-5-19(20)24(29)26-18-12-13-18/h2-11,14,18,23,25H,12-13,15H2,1H3,(H,26,29)(H,27,28)/p+1/t23-/m1/s1. The molecule has 0 unspecified atom stereocenters. The van der Waals surface area contributed by atoms with Gasteiger partial charge in [0.2, 0.25) is 0 Å². The maximum absolute atomic E-state index is 12.7. The van der Waals surface area contributed by atoms with Gasteiger partial charge in [0.1, 0.15) is 6.04 Å². The van der Waals surface area contributed by atoms with Gasteiger partial charge in [-0.15, -0.1) is 11.3 Å². The van der Waals surface area contributed by atoms with Gasteiger partial charge in [-0.25, -0.2) is 0 Å². The van der Waals surface area contributed by atoms with Crippen LogP contribution in [0.4, 0.5) is 5.69 Å². The van der Waals surface area contributed by atoms with Gasteiger partial charge in [-0.3, -0.25) is 9.59 Å². The van der Waals surface area contributed by atoms with Crippen LogP contribution in [0, 0.1) is 6.92 Å². The number of anilines is 1. The predicted molar refractivity (Wildman–Crippen MR) is 120 cm³/mol. The quantitative estimate of drug-likeness (QED) is 0.523. The van der Waals surface area contributed by atoms with Crippen molar-refractivity contribution in [3.63, 3.8) is 0 Å². The number of hydrogen-bond acceptors (Lipinski definition) is 3. The molecular weight excluding hydrogens is 394 g/mol. The molecule has 1 fully saturated rings. The molecule has 154 valence electrons. The molecule has 4 N–H and O–H groups in total. The average Bonchev–Trinajstić information content (AvgIpc) is 3.39. The Morgan fingerprint density at radius 3 is 2.53 bits per heavy atom. The summed E-state index contributed by atoms with van der Waals surface area (Å²) >= 11 is 1.69. The van der Waals surface area contributed by atoms with Gasteiger partial charge in [-0.1, -0.05) is 48.0 Å². The van der Waals surface area contributed by atoms with Gasteiger partial charge in [0.05, 0.1) is 16.1 Å². The zero-order valence-electron chi connectivity index (χ0n) is 16.9. The number of thiophene rings is 1. The van der Waals surface area contributed by atoms with Gasteiger partial charge in [0.15, 0.2) is 6.54 Å². The van der Waals surface area contributed by atoms with Crippen molar-refractivity contribution in [2.24, 2.45) is 0 Å². The molecule has 30 heavy (non-hydrogen) atoms. The normalized spacial score (nSPS) is 14.2. The minimum absolute atomic E-state index is 0.0600. The number of nitrogens with two attached hydrogens (primary N) is 1. The van der Waals surface area contributed by atoms with Gasteiger partial charge in [0.25, 0.3) is 11.8 Å². The van der Waals surface area contributed by atoms with E-state index < -0.39 is 0 Å². The van der Waals surface area contributed by atoms with Crippen LogP contribution >= 0.6 is 11.3 Å². The van der Waals surface area contributed by atoms with Crippen molar-refractivity contribution in [3.05, 3.63) is 87.6 Å². The predicted octanol–water partition coefficient (Wildman–Crippen LogP) is 3.24. The third kappa shape index (κ3) is 5.14. The van der Waals surface area contributed by atoms with Crippen LogP contribution in [0.15, 0.2) is 66.0 Å². The summed E-state index contributed by atoms with van der Waals surface area (Å²) in [4.78, 5) is 26.4. The van der Waals surface area contributed by atoms with Gasteiger partial charge >= 0.3 is 0 Å². The molecule has 1 atom stereocenters. The number of benzene rings is 2. The Hall–Kier alpha value is -2.96. The summed E-state index contributed by atoms with van der Waals surface area (Å²) in [5, 5.41) is 10.00. The summed E-state index contributed by atoms with van der Waals surface area (Å²) in [7, 11) is 0. The van der Waals surface area contributed by atoms with Crippen LogP contribution in [0.1, 0.15) is 45.2 Å². The molecule has 0 spiro atoms. The third-order valence-corrected chi connectivity index (χ3v) is 6.14. The Morgan fingerprint density at radius 2 is 1.83 bits per heavy atom. The van der Waals surface area contributed by atoms with Crippen LogP contribution in [0.2, 0.25) is 0 Å². The smallest absolute Gasteiger partial charge is 0.279 e. The summed E-state index contributed by atoms with van der Waals surface area (Å²) in [6, 6.07) is 20.1. The molecule has 1 aromatic heterocycles. The highest BCUT2D eigenvalue weighted by Crippen LogP contribution is 2.23. The maximum atomic E-state index is 12.7. The highest BCUT2D eigenvalue weighted by molar-refractivity contribution is 7.10. The summed E-state index contributed by atoms with van der Waals surface area (Å²) in [5.41, 5.74) is 3.44. The first-order valence-corrected chi connectivity index (χ1v) is 11.1. The van der Waals surface area contributed by atoms with Gasteiger partial charge < -0.3 is 16.0 Å². The highest BCUT2D eigenvalue weighted by Gasteiger charge is 2.25. The van der Waals surface area contributed by atoms with Crippen molar-refractivity contribution in [2.75, 3.05) is 11.9 Å². The second-order valence-electron chi connectivity index (χ2n) is 7.69. The van der Waals surface area contributed by atoms with E-state index in [0.717, 1.165) is 12.8 Å². The highest BCUT2D eigenvalue weighted by atomic mass is 32.1. The SMILES string of the molecule is Cc1ccc([C@@H]([NH2+]CC(=O)Nc2ccccc2C(=O)NC2CC2)c2cccs2)cc1. The van der Waals surface area contributed by atoms with E-state index in [1.54, 1.807) is 23.5 Å². The molecule has 1 heterocycles. The first kappa shape index (κ1) is 20.3. The fourth-order valence-corrected chi connectivity index (χ4v) is 4.22. The van der Waals surface area contributed by atoms with E-state index in [-0.39, 0.29) is 30.4 Å². The molecule has 0 aliphatic heterocycles. The van der Waals surface area contributed by atoms with Crippen molar-refractivity contribution >= 4 is 28.8 Å². The second-order valence-corrected chi connectivity index (χ2v) is 8.66. The Morgan fingerprint density at radius 1 is 1.07 bits per heavy atom. The first-order valence-electron chi connectivity index (χ1n) is 10.2. The van der Waals surface area contributed by atoms with Crippen molar-refractivity contribution < 1.29 is 14.9 Å². The number of hydrogen-bond donors (Lipinski definition) is 3. The Balaban J connectivity index is 1.43. The molecule has 1 aliphatic rings. The van der Waals surface area contributed by atoms with Crippen LogP contribution in [0.3, 0.4) is 0 Å². The largest absolute Gasteiger partial charge is 0.349 e. The monoisotopic (exact) mass is 420 g/mol. The molecule has 6 heteroatoms. The molecule has 2 amide bonds. The first-order chi connectivity index (χ1) is 14.6. The topological polar surface area (TPSA) is 74.8 Å². The number of carbonyl (C=O) groups is 2. The number of quaternary nitrogens is 1. The lowest BCUT2D eigenvalue weighted by molar-refractivity contribution is -0.675. The average molecular weight is 421 g/mol. The van der Waals surface area contributed by atoms with Gasteiger partial charge in [0, 0.05) is 11.6 Å². The van der Waals surface area contributed by atoms with E-state index >= 15 is 0 Å². The summed E-state index contributed by atoms with van der Waals surface area (Å²) < 4.78 is 0. The Kier molecular flexibility index (Phi) is 6.26. The van der Waals surface area contributed by atoms with E-state index in [9.17, 15) is 9.59 Å². The van der Waals surface area contributed by atoms with Gasteiger partial charge in [-0.2, -0.15) is 0 Å².